The van der Waals surface area contributed by atoms with E-state index in [0.29, 0.717) is 0 Å². The molecule has 0 aromatic carbocycles. The van der Waals surface area contributed by atoms with E-state index >= 15 is 0 Å². The molecule has 0 spiro atoms. The third-order valence-electron chi connectivity index (χ3n) is 0. The van der Waals surface area contributed by atoms with Gasteiger partial charge in [-0.3, -0.25) is 0 Å². The molecule has 0 heterocycles. The fourth-order valence-corrected chi connectivity index (χ4v) is 0. The van der Waals surface area contributed by atoms with Gasteiger partial charge in [-0.25, -0.2) is 0 Å². The summed E-state index contributed by atoms with van der Waals surface area (Å²) in [6.07, 6.45) is 0. The summed E-state index contributed by atoms with van der Waals surface area (Å²) in [5, 5.41) is 0. The van der Waals surface area contributed by atoms with Crippen molar-refractivity contribution < 1.29 is 38.5 Å². The van der Waals surface area contributed by atoms with Crippen molar-refractivity contribution in [2.75, 3.05) is 0 Å². The Hall–Kier alpha value is 2.61. The van der Waals surface area contributed by atoms with Gasteiger partial charge in [-0.2, -0.15) is 0 Å². The monoisotopic (exact) mass is 302 g/mol. The van der Waals surface area contributed by atoms with E-state index in [4.69, 9.17) is 0 Å². The molecule has 0 aliphatic carbocycles. The number of rotatable bonds is 0. The van der Waals surface area contributed by atoms with Gasteiger partial charge in [0.05, 0.1) is 0 Å². The third-order valence-corrected chi connectivity index (χ3v) is 0. The van der Waals surface area contributed by atoms with Crippen LogP contribution in [0, 0.1) is 0 Å². The maximum absolute atomic E-state index is 0. The molecule has 0 aromatic heterocycles. The van der Waals surface area contributed by atoms with Crippen LogP contribution < -0.4 is 0 Å². The Morgan fingerprint density at radius 3 is 1.00 bits per heavy atom. The van der Waals surface area contributed by atoms with Crippen LogP contribution >= 0.6 is 0 Å². The van der Waals surface area contributed by atoms with Gasteiger partial charge in [0, 0.05) is 81.4 Å². The molecule has 4 heavy (non-hydrogen) atoms. The zero-order valence-corrected chi connectivity index (χ0v) is 9.43. The van der Waals surface area contributed by atoms with Crippen molar-refractivity contribution in [1.82, 2.24) is 0 Å². The zero-order valence-electron chi connectivity index (χ0n) is 1.82. The average molecular weight is 301 g/mol. The molecule has 6 radical (unpaired) electrons. The van der Waals surface area contributed by atoms with E-state index < -0.39 is 0 Å². The first-order valence-corrected chi connectivity index (χ1v) is 0. The molecule has 0 aliphatic rings. The van der Waals surface area contributed by atoms with Gasteiger partial charge in [-0.05, 0) is 0 Å². The van der Waals surface area contributed by atoms with Gasteiger partial charge in [0.25, 0.3) is 0 Å². The molecule has 0 bridgehead atoms. The van der Waals surface area contributed by atoms with Gasteiger partial charge in [0.1, 0.15) is 0 Å². The van der Waals surface area contributed by atoms with E-state index in [1.807, 2.05) is 0 Å². The Labute approximate surface area is 80.2 Å². The summed E-state index contributed by atoms with van der Waals surface area (Å²) in [5.74, 6) is 0. The van der Waals surface area contributed by atoms with E-state index in [-0.39, 0.29) is 81.4 Å². The fourth-order valence-electron chi connectivity index (χ4n) is 0. The molecule has 0 unspecified atom stereocenters. The molecule has 4 heteroatoms. The van der Waals surface area contributed by atoms with Crippen LogP contribution in [0.1, 0.15) is 0 Å². The second kappa shape index (κ2) is 17.5. The normalized spacial score (nSPS) is 0. The molecule has 0 rings (SSSR count). The molecule has 0 saturated carbocycles. The van der Waals surface area contributed by atoms with Gasteiger partial charge in [0.15, 0.2) is 0 Å². The Bertz CT molecular complexity index is 8.00. The third kappa shape index (κ3) is 8.82. The second-order valence-corrected chi connectivity index (χ2v) is 0. The summed E-state index contributed by atoms with van der Waals surface area (Å²) in [6, 6.07) is 0. The van der Waals surface area contributed by atoms with E-state index in [1.165, 1.54) is 0 Å². The minimum atomic E-state index is 0. The quantitative estimate of drug-likeness (QED) is 0.516. The average Bonchev–Trinajstić information content (AvgIpc) is 0. The minimum absolute atomic E-state index is 0. The Kier molecular flexibility index (Phi) is 134. The SMILES string of the molecule is [Co].[In].[Se].[Ti]. The van der Waals surface area contributed by atoms with Crippen LogP contribution in [0.4, 0.5) is 0 Å². The van der Waals surface area contributed by atoms with Crippen LogP contribution in [-0.2, 0) is 38.5 Å². The van der Waals surface area contributed by atoms with Crippen LogP contribution in [0.5, 0.6) is 0 Å². The minimum Gasteiger partial charge on any atom is 0 e. The molecule has 0 amide bonds. The maximum Gasteiger partial charge on any atom is 0 e. The van der Waals surface area contributed by atoms with Crippen molar-refractivity contribution in [3.8, 4) is 0 Å². The standard InChI is InChI=1S/Co.In.Se.Ti. The number of hydrogen-bond acceptors (Lipinski definition) is 0. The smallest absolute Gasteiger partial charge is 0 e. The predicted octanol–water partition coefficient (Wildman–Crippen LogP) is -0.767. The molecule has 0 atom stereocenters. The first-order valence-electron chi connectivity index (χ1n) is 0. The van der Waals surface area contributed by atoms with E-state index in [1.54, 1.807) is 0 Å². The molecule has 0 saturated heterocycles. The molecule has 0 nitrogen and oxygen atoms in total. The van der Waals surface area contributed by atoms with Crippen molar-refractivity contribution in [2.45, 2.75) is 0 Å². The molecule has 22 valence electrons. The van der Waals surface area contributed by atoms with Crippen LogP contribution in [0.2, 0.25) is 0 Å². The van der Waals surface area contributed by atoms with Crippen LogP contribution in [0.3, 0.4) is 0 Å². The van der Waals surface area contributed by atoms with E-state index in [0.717, 1.165) is 0 Å². The molecule has 0 aliphatic heterocycles. The van der Waals surface area contributed by atoms with Crippen molar-refractivity contribution in [2.24, 2.45) is 0 Å². The van der Waals surface area contributed by atoms with Gasteiger partial charge in [0.2, 0.25) is 0 Å². The topological polar surface area (TPSA) is 0 Å². The van der Waals surface area contributed by atoms with Crippen molar-refractivity contribution >= 4 is 42.9 Å². The largest absolute Gasteiger partial charge is 0 e. The zero-order chi connectivity index (χ0) is 0. The summed E-state index contributed by atoms with van der Waals surface area (Å²) in [5.41, 5.74) is 0. The van der Waals surface area contributed by atoms with Gasteiger partial charge < -0.3 is 0 Å². The van der Waals surface area contributed by atoms with Crippen LogP contribution in [0.25, 0.3) is 0 Å². The van der Waals surface area contributed by atoms with Gasteiger partial charge in [-0.15, -0.1) is 0 Å². The Morgan fingerprint density at radius 1 is 1.00 bits per heavy atom. The molecule has 0 aromatic rings. The summed E-state index contributed by atoms with van der Waals surface area (Å²) >= 11 is 0. The van der Waals surface area contributed by atoms with E-state index in [9.17, 15) is 0 Å². The summed E-state index contributed by atoms with van der Waals surface area (Å²) in [6.45, 7) is 0. The van der Waals surface area contributed by atoms with Crippen molar-refractivity contribution in [1.29, 1.82) is 0 Å². The molecule has 0 N–H and O–H groups in total. The van der Waals surface area contributed by atoms with Gasteiger partial charge in [-0.1, -0.05) is 0 Å². The molecule has 0 fully saturated rings. The van der Waals surface area contributed by atoms with Crippen LogP contribution in [-0.4, -0.2) is 42.9 Å². The summed E-state index contributed by atoms with van der Waals surface area (Å²) in [7, 11) is 0. The Balaban J connectivity index is 0. The maximum atomic E-state index is 0. The Morgan fingerprint density at radius 2 is 1.00 bits per heavy atom. The first kappa shape index (κ1) is 30.5. The first-order chi connectivity index (χ1) is 0. The predicted molar refractivity (Wildman–Crippen MR) is 11.5 cm³/mol. The molecular weight excluding hydrogens is 301 g/mol. The molecular formula is CoInSeTi. The number of hydrogen-bond donors (Lipinski definition) is 0. The van der Waals surface area contributed by atoms with Crippen molar-refractivity contribution in [3.05, 3.63) is 0 Å². The fraction of sp³-hybridized carbons (Fsp3) is 0. The van der Waals surface area contributed by atoms with E-state index in [2.05, 4.69) is 0 Å². The second-order valence-electron chi connectivity index (χ2n) is 0. The van der Waals surface area contributed by atoms with Crippen molar-refractivity contribution in [3.63, 3.8) is 0 Å². The summed E-state index contributed by atoms with van der Waals surface area (Å²) in [4.78, 5) is 0. The van der Waals surface area contributed by atoms with Gasteiger partial charge >= 0.3 is 0 Å². The van der Waals surface area contributed by atoms with Crippen LogP contribution in [0.15, 0.2) is 0 Å². The summed E-state index contributed by atoms with van der Waals surface area (Å²) < 4.78 is 0.